The summed E-state index contributed by atoms with van der Waals surface area (Å²) in [5.41, 5.74) is 0.665. The minimum atomic E-state index is -1.00. The number of hydrogen-bond acceptors (Lipinski definition) is 8. The summed E-state index contributed by atoms with van der Waals surface area (Å²) >= 11 is 0. The molecule has 8 heteroatoms. The second-order valence-electron chi connectivity index (χ2n) is 6.04. The maximum atomic E-state index is 11.0. The van der Waals surface area contributed by atoms with Crippen molar-refractivity contribution < 1.29 is 38.7 Å². The lowest BCUT2D eigenvalue weighted by atomic mass is 10.3. The lowest BCUT2D eigenvalue weighted by Gasteiger charge is -2.16. The van der Waals surface area contributed by atoms with Crippen LogP contribution in [-0.4, -0.2) is 66.6 Å². The highest BCUT2D eigenvalue weighted by Gasteiger charge is 2.33. The van der Waals surface area contributed by atoms with Crippen LogP contribution in [0.1, 0.15) is 27.7 Å². The zero-order valence-corrected chi connectivity index (χ0v) is 15.2. The summed E-state index contributed by atoms with van der Waals surface area (Å²) in [4.78, 5) is 21.7. The summed E-state index contributed by atoms with van der Waals surface area (Å²) in [6, 6.07) is 0. The molecule has 0 aromatic rings. The highest BCUT2D eigenvalue weighted by Crippen LogP contribution is 2.22. The predicted octanol–water partition coefficient (Wildman–Crippen LogP) is 0.716. The minimum Gasteiger partial charge on any atom is -0.460 e. The quantitative estimate of drug-likeness (QED) is 0.504. The number of aliphatic hydroxyl groups excluding tert-OH is 2. The van der Waals surface area contributed by atoms with E-state index in [1.165, 1.54) is 6.92 Å². The highest BCUT2D eigenvalue weighted by molar-refractivity contribution is 5.87. The number of hydrogen-bond donors (Lipinski definition) is 2. The molecule has 1 saturated heterocycles. The van der Waals surface area contributed by atoms with Crippen molar-refractivity contribution in [2.75, 3.05) is 26.4 Å². The third kappa shape index (κ3) is 10.7. The van der Waals surface area contributed by atoms with Crippen LogP contribution in [0.2, 0.25) is 0 Å². The van der Waals surface area contributed by atoms with E-state index in [2.05, 4.69) is 17.9 Å². The summed E-state index contributed by atoms with van der Waals surface area (Å²) in [5.74, 6) is -1.52. The molecular weight excluding hydrogens is 332 g/mol. The molecule has 1 aliphatic heterocycles. The van der Waals surface area contributed by atoms with Crippen molar-refractivity contribution in [3.63, 3.8) is 0 Å². The van der Waals surface area contributed by atoms with Gasteiger partial charge in [0.25, 0.3) is 0 Å². The van der Waals surface area contributed by atoms with Gasteiger partial charge in [0.2, 0.25) is 0 Å². The van der Waals surface area contributed by atoms with Crippen molar-refractivity contribution in [1.29, 1.82) is 0 Å². The lowest BCUT2D eigenvalue weighted by Crippen LogP contribution is -2.25. The first-order valence-corrected chi connectivity index (χ1v) is 7.74. The van der Waals surface area contributed by atoms with Crippen LogP contribution in [0.5, 0.6) is 0 Å². The third-order valence-corrected chi connectivity index (χ3v) is 2.78. The summed E-state index contributed by atoms with van der Waals surface area (Å²) in [6.45, 7) is 13.7. The molecule has 144 valence electrons. The van der Waals surface area contributed by atoms with E-state index in [0.29, 0.717) is 12.2 Å². The van der Waals surface area contributed by atoms with Gasteiger partial charge in [-0.3, -0.25) is 0 Å². The number of carbonyl (C=O) groups is 2. The topological polar surface area (TPSA) is 112 Å². The Morgan fingerprint density at radius 1 is 1.20 bits per heavy atom. The van der Waals surface area contributed by atoms with Crippen LogP contribution in [0.15, 0.2) is 24.3 Å². The standard InChI is InChI=1S/C10H16O4.C7H12O4/c1-7(2)9(11)12-5-8-6-13-10(3,4)14-8;1-5(2)7(10)11-4-6(9)3-8/h8H,1,5-6H2,2-4H3;6,8-9H,1,3-4H2,2H3. The van der Waals surface area contributed by atoms with Crippen LogP contribution in [0.25, 0.3) is 0 Å². The van der Waals surface area contributed by atoms with E-state index in [1.54, 1.807) is 6.92 Å². The Labute approximate surface area is 148 Å². The van der Waals surface area contributed by atoms with E-state index < -0.39 is 30.4 Å². The molecule has 8 nitrogen and oxygen atoms in total. The first kappa shape index (κ1) is 23.3. The smallest absolute Gasteiger partial charge is 0.333 e. The maximum Gasteiger partial charge on any atom is 0.333 e. The molecule has 0 aromatic carbocycles. The van der Waals surface area contributed by atoms with Gasteiger partial charge in [0.05, 0.1) is 13.2 Å². The van der Waals surface area contributed by atoms with Gasteiger partial charge in [-0.15, -0.1) is 0 Å². The Morgan fingerprint density at radius 2 is 1.72 bits per heavy atom. The van der Waals surface area contributed by atoms with Crippen molar-refractivity contribution in [1.82, 2.24) is 0 Å². The Balaban J connectivity index is 0.000000477. The van der Waals surface area contributed by atoms with Crippen molar-refractivity contribution in [2.45, 2.75) is 45.7 Å². The van der Waals surface area contributed by atoms with Gasteiger partial charge in [0.15, 0.2) is 5.79 Å². The van der Waals surface area contributed by atoms with Crippen LogP contribution in [-0.2, 0) is 28.5 Å². The molecule has 2 N–H and O–H groups in total. The Bertz CT molecular complexity index is 483. The van der Waals surface area contributed by atoms with E-state index in [0.717, 1.165) is 0 Å². The highest BCUT2D eigenvalue weighted by atomic mass is 16.7. The SMILES string of the molecule is C=C(C)C(=O)OCC(O)CO.C=C(C)C(=O)OCC1COC(C)(C)O1. The fourth-order valence-corrected chi connectivity index (χ4v) is 1.48. The molecule has 2 atom stereocenters. The first-order valence-electron chi connectivity index (χ1n) is 7.74. The van der Waals surface area contributed by atoms with Crippen molar-refractivity contribution in [2.24, 2.45) is 0 Å². The molecule has 25 heavy (non-hydrogen) atoms. The first-order chi connectivity index (χ1) is 11.5. The zero-order chi connectivity index (χ0) is 19.6. The van der Waals surface area contributed by atoms with E-state index in [9.17, 15) is 9.59 Å². The molecule has 1 rings (SSSR count). The fraction of sp³-hybridized carbons (Fsp3) is 0.647. The second kappa shape index (κ2) is 11.0. The van der Waals surface area contributed by atoms with Crippen LogP contribution < -0.4 is 0 Å². The largest absolute Gasteiger partial charge is 0.460 e. The molecule has 0 bridgehead atoms. The molecule has 2 unspecified atom stereocenters. The maximum absolute atomic E-state index is 11.0. The van der Waals surface area contributed by atoms with Gasteiger partial charge in [-0.2, -0.15) is 0 Å². The molecule has 0 amide bonds. The summed E-state index contributed by atoms with van der Waals surface area (Å²) in [5, 5.41) is 17.1. The van der Waals surface area contributed by atoms with Crippen molar-refractivity contribution >= 4 is 11.9 Å². The van der Waals surface area contributed by atoms with Gasteiger partial charge in [-0.1, -0.05) is 13.2 Å². The van der Waals surface area contributed by atoms with Crippen LogP contribution >= 0.6 is 0 Å². The average molecular weight is 360 g/mol. The van der Waals surface area contributed by atoms with E-state index >= 15 is 0 Å². The number of esters is 2. The lowest BCUT2D eigenvalue weighted by molar-refractivity contribution is -0.155. The number of carbonyl (C=O) groups excluding carboxylic acids is 2. The molecule has 0 saturated carbocycles. The normalized spacial score (nSPS) is 19.2. The molecule has 1 heterocycles. The summed E-state index contributed by atoms with van der Waals surface area (Å²) in [7, 11) is 0. The van der Waals surface area contributed by atoms with E-state index in [-0.39, 0.29) is 24.9 Å². The molecule has 1 aliphatic rings. The Morgan fingerprint density at radius 3 is 2.12 bits per heavy atom. The van der Waals surface area contributed by atoms with Gasteiger partial charge < -0.3 is 29.2 Å². The minimum absolute atomic E-state index is 0.173. The van der Waals surface area contributed by atoms with Gasteiger partial charge in [-0.25, -0.2) is 9.59 Å². The van der Waals surface area contributed by atoms with Crippen LogP contribution in [0.4, 0.5) is 0 Å². The fourth-order valence-electron chi connectivity index (χ4n) is 1.48. The summed E-state index contributed by atoms with van der Waals surface area (Å²) < 4.78 is 20.2. The van der Waals surface area contributed by atoms with Crippen LogP contribution in [0.3, 0.4) is 0 Å². The predicted molar refractivity (Wildman–Crippen MR) is 89.5 cm³/mol. The Hall–Kier alpha value is -1.74. The average Bonchev–Trinajstić information content (AvgIpc) is 2.89. The van der Waals surface area contributed by atoms with Crippen molar-refractivity contribution in [3.05, 3.63) is 24.3 Å². The van der Waals surface area contributed by atoms with Gasteiger partial charge in [0.1, 0.15) is 25.4 Å². The number of aliphatic hydroxyl groups is 2. The zero-order valence-electron chi connectivity index (χ0n) is 15.2. The van der Waals surface area contributed by atoms with Gasteiger partial charge >= 0.3 is 11.9 Å². The van der Waals surface area contributed by atoms with E-state index in [1.807, 2.05) is 13.8 Å². The molecule has 0 aromatic heterocycles. The third-order valence-electron chi connectivity index (χ3n) is 2.78. The molecular formula is C17H28O8. The Kier molecular flexibility index (Phi) is 10.2. The second-order valence-corrected chi connectivity index (χ2v) is 6.04. The number of ether oxygens (including phenoxy) is 4. The van der Waals surface area contributed by atoms with Crippen LogP contribution in [0, 0.1) is 0 Å². The van der Waals surface area contributed by atoms with Gasteiger partial charge in [-0.05, 0) is 27.7 Å². The molecule has 0 aliphatic carbocycles. The summed E-state index contributed by atoms with van der Waals surface area (Å²) in [6.07, 6.45) is -1.17. The molecule has 1 fully saturated rings. The molecule has 0 radical (unpaired) electrons. The van der Waals surface area contributed by atoms with Gasteiger partial charge in [0, 0.05) is 11.1 Å². The van der Waals surface area contributed by atoms with Crippen molar-refractivity contribution in [3.8, 4) is 0 Å². The number of rotatable bonds is 7. The molecule has 0 spiro atoms. The van der Waals surface area contributed by atoms with E-state index in [4.69, 9.17) is 24.4 Å². The monoisotopic (exact) mass is 360 g/mol.